The zero-order valence-electron chi connectivity index (χ0n) is 17.4. The van der Waals surface area contributed by atoms with Crippen LogP contribution in [0.3, 0.4) is 0 Å². The van der Waals surface area contributed by atoms with E-state index in [4.69, 9.17) is 4.74 Å². The standard InChI is InChI=1S/C23H24N4O4/c1-26-12-11-16-13-17(5-9-20(16)26)24-21(28)10-8-19-22(29)27(23(30)25-19)14-15-3-6-18(31-2)7-4-15/h3-7,9,11-13,19H,8,10,14H2,1-2H3,(H,24,28)(H,25,30). The highest BCUT2D eigenvalue weighted by molar-refractivity contribution is 6.04. The van der Waals surface area contributed by atoms with Crippen molar-refractivity contribution in [3.63, 3.8) is 0 Å². The number of imide groups is 1. The number of benzene rings is 2. The number of aryl methyl sites for hydroxylation is 1. The second-order valence-electron chi connectivity index (χ2n) is 7.56. The number of fused-ring (bicyclic) bond motifs is 1. The van der Waals surface area contributed by atoms with Crippen molar-refractivity contribution in [2.75, 3.05) is 12.4 Å². The molecule has 1 saturated heterocycles. The fraction of sp³-hybridized carbons (Fsp3) is 0.261. The van der Waals surface area contributed by atoms with Gasteiger partial charge in [-0.25, -0.2) is 4.79 Å². The number of anilines is 1. The van der Waals surface area contributed by atoms with Crippen LogP contribution >= 0.6 is 0 Å². The molecule has 3 aromatic rings. The van der Waals surface area contributed by atoms with Gasteiger partial charge in [0.25, 0.3) is 5.91 Å². The van der Waals surface area contributed by atoms with Crippen LogP contribution < -0.4 is 15.4 Å². The molecule has 31 heavy (non-hydrogen) atoms. The number of urea groups is 1. The van der Waals surface area contributed by atoms with Crippen molar-refractivity contribution in [1.29, 1.82) is 0 Å². The minimum atomic E-state index is -0.701. The number of methoxy groups -OCH3 is 1. The number of nitrogens with one attached hydrogen (secondary N) is 2. The van der Waals surface area contributed by atoms with Crippen LogP contribution in [0.25, 0.3) is 10.9 Å². The van der Waals surface area contributed by atoms with Crippen LogP contribution in [0.4, 0.5) is 10.5 Å². The van der Waals surface area contributed by atoms with E-state index in [1.807, 2.05) is 54.2 Å². The minimum Gasteiger partial charge on any atom is -0.497 e. The summed E-state index contributed by atoms with van der Waals surface area (Å²) in [5.74, 6) is 0.182. The summed E-state index contributed by atoms with van der Waals surface area (Å²) in [5, 5.41) is 6.57. The first kappa shape index (κ1) is 20.5. The maximum Gasteiger partial charge on any atom is 0.325 e. The van der Waals surface area contributed by atoms with E-state index in [9.17, 15) is 14.4 Å². The minimum absolute atomic E-state index is 0.125. The molecule has 160 valence electrons. The fourth-order valence-electron chi connectivity index (χ4n) is 3.69. The van der Waals surface area contributed by atoms with Gasteiger partial charge in [0.2, 0.25) is 5.91 Å². The largest absolute Gasteiger partial charge is 0.497 e. The van der Waals surface area contributed by atoms with Crippen molar-refractivity contribution >= 4 is 34.4 Å². The number of ether oxygens (including phenoxy) is 1. The highest BCUT2D eigenvalue weighted by Gasteiger charge is 2.37. The van der Waals surface area contributed by atoms with Gasteiger partial charge in [-0.05, 0) is 48.4 Å². The highest BCUT2D eigenvalue weighted by Crippen LogP contribution is 2.21. The Hall–Kier alpha value is -3.81. The van der Waals surface area contributed by atoms with Crippen molar-refractivity contribution < 1.29 is 19.1 Å². The molecule has 2 aromatic carbocycles. The molecule has 1 aromatic heterocycles. The van der Waals surface area contributed by atoms with E-state index >= 15 is 0 Å². The van der Waals surface area contributed by atoms with Gasteiger partial charge in [-0.3, -0.25) is 14.5 Å². The van der Waals surface area contributed by atoms with E-state index in [1.165, 1.54) is 4.90 Å². The van der Waals surface area contributed by atoms with Crippen molar-refractivity contribution in [3.8, 4) is 5.75 Å². The second-order valence-corrected chi connectivity index (χ2v) is 7.56. The summed E-state index contributed by atoms with van der Waals surface area (Å²) in [5.41, 5.74) is 2.60. The molecule has 0 bridgehead atoms. The van der Waals surface area contributed by atoms with E-state index in [2.05, 4.69) is 10.6 Å². The number of hydrogen-bond donors (Lipinski definition) is 2. The van der Waals surface area contributed by atoms with E-state index in [1.54, 1.807) is 19.2 Å². The van der Waals surface area contributed by atoms with Gasteiger partial charge in [0, 0.05) is 36.3 Å². The Morgan fingerprint density at radius 2 is 1.90 bits per heavy atom. The normalized spacial score (nSPS) is 15.9. The molecule has 1 aliphatic rings. The fourth-order valence-corrected chi connectivity index (χ4v) is 3.69. The molecule has 8 nitrogen and oxygen atoms in total. The highest BCUT2D eigenvalue weighted by atomic mass is 16.5. The Kier molecular flexibility index (Phi) is 5.62. The molecule has 8 heteroatoms. The smallest absolute Gasteiger partial charge is 0.325 e. The number of rotatable bonds is 7. The Labute approximate surface area is 179 Å². The van der Waals surface area contributed by atoms with Gasteiger partial charge in [-0.15, -0.1) is 0 Å². The number of carbonyl (C=O) groups excluding carboxylic acids is 3. The van der Waals surface area contributed by atoms with Gasteiger partial charge in [0.1, 0.15) is 11.8 Å². The lowest BCUT2D eigenvalue weighted by atomic mass is 10.1. The topological polar surface area (TPSA) is 92.7 Å². The monoisotopic (exact) mass is 420 g/mol. The first-order chi connectivity index (χ1) is 14.9. The molecule has 1 unspecified atom stereocenters. The molecule has 1 atom stereocenters. The molecule has 0 saturated carbocycles. The zero-order chi connectivity index (χ0) is 22.0. The number of carbonyl (C=O) groups is 3. The molecule has 2 N–H and O–H groups in total. The molecular weight excluding hydrogens is 396 g/mol. The average Bonchev–Trinajstić information content (AvgIpc) is 3.26. The Morgan fingerprint density at radius 1 is 1.13 bits per heavy atom. The molecule has 1 aliphatic heterocycles. The molecule has 0 aliphatic carbocycles. The Morgan fingerprint density at radius 3 is 2.65 bits per heavy atom. The van der Waals surface area contributed by atoms with Gasteiger partial charge in [0.15, 0.2) is 0 Å². The lowest BCUT2D eigenvalue weighted by molar-refractivity contribution is -0.128. The summed E-state index contributed by atoms with van der Waals surface area (Å²) >= 11 is 0. The van der Waals surface area contributed by atoms with Crippen molar-refractivity contribution in [2.45, 2.75) is 25.4 Å². The molecule has 1 fully saturated rings. The molecule has 0 spiro atoms. The number of amides is 4. The number of aromatic nitrogens is 1. The number of hydrogen-bond acceptors (Lipinski definition) is 4. The van der Waals surface area contributed by atoms with Gasteiger partial charge >= 0.3 is 6.03 Å². The summed E-state index contributed by atoms with van der Waals surface area (Å²) in [6.45, 7) is 0.175. The van der Waals surface area contributed by atoms with Crippen LogP contribution in [0.15, 0.2) is 54.7 Å². The predicted molar refractivity (Wildman–Crippen MR) is 117 cm³/mol. The van der Waals surface area contributed by atoms with Crippen molar-refractivity contribution in [3.05, 3.63) is 60.3 Å². The summed E-state index contributed by atoms with van der Waals surface area (Å²) in [4.78, 5) is 38.4. The van der Waals surface area contributed by atoms with E-state index in [0.717, 1.165) is 16.5 Å². The van der Waals surface area contributed by atoms with Crippen molar-refractivity contribution in [1.82, 2.24) is 14.8 Å². The van der Waals surface area contributed by atoms with Gasteiger partial charge in [-0.2, -0.15) is 0 Å². The molecule has 4 amide bonds. The predicted octanol–water partition coefficient (Wildman–Crippen LogP) is 3.03. The van der Waals surface area contributed by atoms with Crippen LogP contribution in [0, 0.1) is 0 Å². The maximum atomic E-state index is 12.6. The third-order valence-electron chi connectivity index (χ3n) is 5.44. The first-order valence-electron chi connectivity index (χ1n) is 10.0. The third kappa shape index (κ3) is 4.37. The third-order valence-corrected chi connectivity index (χ3v) is 5.44. The summed E-state index contributed by atoms with van der Waals surface area (Å²) in [6, 6.07) is 13.7. The lowest BCUT2D eigenvalue weighted by Crippen LogP contribution is -2.31. The van der Waals surface area contributed by atoms with E-state index in [0.29, 0.717) is 11.4 Å². The quantitative estimate of drug-likeness (QED) is 0.575. The zero-order valence-corrected chi connectivity index (χ0v) is 17.4. The first-order valence-corrected chi connectivity index (χ1v) is 10.0. The van der Waals surface area contributed by atoms with Crippen molar-refractivity contribution in [2.24, 2.45) is 7.05 Å². The number of nitrogens with zero attached hydrogens (tertiary/aromatic N) is 2. The molecule has 4 rings (SSSR count). The van der Waals surface area contributed by atoms with Crippen LogP contribution in [-0.2, 0) is 23.2 Å². The molecule has 2 heterocycles. The van der Waals surface area contributed by atoms with Gasteiger partial charge in [-0.1, -0.05) is 12.1 Å². The average molecular weight is 420 g/mol. The summed E-state index contributed by atoms with van der Waals surface area (Å²) in [6.07, 6.45) is 2.32. The van der Waals surface area contributed by atoms with Gasteiger partial charge in [0.05, 0.1) is 13.7 Å². The SMILES string of the molecule is COc1ccc(CN2C(=O)NC(CCC(=O)Nc3ccc4c(ccn4C)c3)C2=O)cc1. The van der Waals surface area contributed by atoms with E-state index < -0.39 is 12.1 Å². The maximum absolute atomic E-state index is 12.6. The van der Waals surface area contributed by atoms with Crippen LogP contribution in [-0.4, -0.2) is 40.5 Å². The molecular formula is C23H24N4O4. The van der Waals surface area contributed by atoms with E-state index in [-0.39, 0.29) is 31.2 Å². The summed E-state index contributed by atoms with van der Waals surface area (Å²) in [7, 11) is 3.54. The summed E-state index contributed by atoms with van der Waals surface area (Å²) < 4.78 is 7.13. The van der Waals surface area contributed by atoms with Crippen LogP contribution in [0.1, 0.15) is 18.4 Å². The lowest BCUT2D eigenvalue weighted by Gasteiger charge is -2.13. The van der Waals surface area contributed by atoms with Gasteiger partial charge < -0.3 is 19.9 Å². The molecule has 0 radical (unpaired) electrons. The Bertz CT molecular complexity index is 1140. The second kappa shape index (κ2) is 8.51. The Balaban J connectivity index is 1.31. The van der Waals surface area contributed by atoms with Crippen LogP contribution in [0.5, 0.6) is 5.75 Å². The van der Waals surface area contributed by atoms with Crippen LogP contribution in [0.2, 0.25) is 0 Å².